The highest BCUT2D eigenvalue weighted by Crippen LogP contribution is 2.28. The molecule has 0 saturated heterocycles. The third-order valence-corrected chi connectivity index (χ3v) is 2.77. The SMILES string of the molecule is Cc1cc(Cl)c(-c2cc(CN)ncn2)cc1F. The second-order valence-corrected chi connectivity index (χ2v) is 4.09. The van der Waals surface area contributed by atoms with Crippen molar-refractivity contribution in [2.75, 3.05) is 0 Å². The quantitative estimate of drug-likeness (QED) is 0.893. The van der Waals surface area contributed by atoms with Crippen molar-refractivity contribution in [2.24, 2.45) is 5.73 Å². The molecule has 0 unspecified atom stereocenters. The first-order valence-corrected chi connectivity index (χ1v) is 5.46. The fourth-order valence-corrected chi connectivity index (χ4v) is 1.81. The van der Waals surface area contributed by atoms with Gasteiger partial charge in [-0.25, -0.2) is 14.4 Å². The van der Waals surface area contributed by atoms with E-state index in [-0.39, 0.29) is 5.82 Å². The third-order valence-electron chi connectivity index (χ3n) is 2.46. The van der Waals surface area contributed by atoms with Gasteiger partial charge >= 0.3 is 0 Å². The lowest BCUT2D eigenvalue weighted by Crippen LogP contribution is -2.00. The van der Waals surface area contributed by atoms with Gasteiger partial charge in [0.25, 0.3) is 0 Å². The molecule has 0 aliphatic rings. The first-order chi connectivity index (χ1) is 8.11. The minimum atomic E-state index is -0.308. The van der Waals surface area contributed by atoms with Gasteiger partial charge in [-0.15, -0.1) is 0 Å². The van der Waals surface area contributed by atoms with Crippen LogP contribution in [0.2, 0.25) is 5.02 Å². The summed E-state index contributed by atoms with van der Waals surface area (Å²) in [6, 6.07) is 4.66. The number of halogens is 2. The zero-order valence-electron chi connectivity index (χ0n) is 9.24. The zero-order valence-corrected chi connectivity index (χ0v) is 10.0. The molecule has 2 N–H and O–H groups in total. The van der Waals surface area contributed by atoms with Gasteiger partial charge in [-0.2, -0.15) is 0 Å². The number of hydrogen-bond acceptors (Lipinski definition) is 3. The van der Waals surface area contributed by atoms with Crippen molar-refractivity contribution < 1.29 is 4.39 Å². The monoisotopic (exact) mass is 251 g/mol. The molecular weight excluding hydrogens is 241 g/mol. The van der Waals surface area contributed by atoms with Crippen molar-refractivity contribution in [1.82, 2.24) is 9.97 Å². The molecular formula is C12H11ClFN3. The molecule has 1 aromatic carbocycles. The van der Waals surface area contributed by atoms with Crippen molar-refractivity contribution in [2.45, 2.75) is 13.5 Å². The Morgan fingerprint density at radius 1 is 1.29 bits per heavy atom. The van der Waals surface area contributed by atoms with Crippen LogP contribution in [0.3, 0.4) is 0 Å². The molecule has 5 heteroatoms. The lowest BCUT2D eigenvalue weighted by Gasteiger charge is -2.06. The lowest BCUT2D eigenvalue weighted by atomic mass is 10.1. The van der Waals surface area contributed by atoms with Crippen molar-refractivity contribution in [3.05, 3.63) is 46.6 Å². The van der Waals surface area contributed by atoms with E-state index in [1.165, 1.54) is 12.4 Å². The van der Waals surface area contributed by atoms with Crippen LogP contribution in [0.5, 0.6) is 0 Å². The van der Waals surface area contributed by atoms with Crippen LogP contribution in [0.1, 0.15) is 11.3 Å². The summed E-state index contributed by atoms with van der Waals surface area (Å²) in [5.41, 5.74) is 7.81. The molecule has 0 saturated carbocycles. The molecule has 0 radical (unpaired) electrons. The minimum Gasteiger partial charge on any atom is -0.325 e. The molecule has 0 aliphatic carbocycles. The maximum Gasteiger partial charge on any atom is 0.126 e. The molecule has 2 rings (SSSR count). The Hall–Kier alpha value is -1.52. The van der Waals surface area contributed by atoms with Crippen LogP contribution in [-0.2, 0) is 6.54 Å². The summed E-state index contributed by atoms with van der Waals surface area (Å²) in [5.74, 6) is -0.308. The van der Waals surface area contributed by atoms with Gasteiger partial charge in [-0.05, 0) is 30.7 Å². The highest BCUT2D eigenvalue weighted by Gasteiger charge is 2.09. The Kier molecular flexibility index (Phi) is 3.36. The van der Waals surface area contributed by atoms with Crippen molar-refractivity contribution in [1.29, 1.82) is 0 Å². The van der Waals surface area contributed by atoms with E-state index in [4.69, 9.17) is 17.3 Å². The van der Waals surface area contributed by atoms with E-state index in [0.29, 0.717) is 34.1 Å². The van der Waals surface area contributed by atoms with Gasteiger partial charge in [0.2, 0.25) is 0 Å². The smallest absolute Gasteiger partial charge is 0.126 e. The molecule has 0 fully saturated rings. The minimum absolute atomic E-state index is 0.307. The average Bonchev–Trinajstić information content (AvgIpc) is 2.34. The maximum atomic E-state index is 13.5. The number of hydrogen-bond donors (Lipinski definition) is 1. The Morgan fingerprint density at radius 2 is 2.06 bits per heavy atom. The molecule has 1 heterocycles. The molecule has 0 aliphatic heterocycles. The lowest BCUT2D eigenvalue weighted by molar-refractivity contribution is 0.619. The van der Waals surface area contributed by atoms with E-state index in [9.17, 15) is 4.39 Å². The van der Waals surface area contributed by atoms with Crippen LogP contribution in [0, 0.1) is 12.7 Å². The largest absolute Gasteiger partial charge is 0.325 e. The van der Waals surface area contributed by atoms with Gasteiger partial charge in [0.15, 0.2) is 0 Å². The molecule has 0 spiro atoms. The van der Waals surface area contributed by atoms with Crippen LogP contribution >= 0.6 is 11.6 Å². The summed E-state index contributed by atoms with van der Waals surface area (Å²) in [4.78, 5) is 8.05. The Balaban J connectivity index is 2.56. The summed E-state index contributed by atoms with van der Waals surface area (Å²) in [6.45, 7) is 1.97. The Bertz CT molecular complexity index is 557. The van der Waals surface area contributed by atoms with Gasteiger partial charge < -0.3 is 5.73 Å². The summed E-state index contributed by atoms with van der Waals surface area (Å²) in [5, 5.41) is 0.463. The molecule has 1 aromatic heterocycles. The van der Waals surface area contributed by atoms with Crippen LogP contribution in [0.25, 0.3) is 11.3 Å². The summed E-state index contributed by atoms with van der Waals surface area (Å²) in [6.07, 6.45) is 1.39. The summed E-state index contributed by atoms with van der Waals surface area (Å²) >= 11 is 6.07. The van der Waals surface area contributed by atoms with E-state index >= 15 is 0 Å². The van der Waals surface area contributed by atoms with Crippen molar-refractivity contribution in [3.63, 3.8) is 0 Å². The molecule has 0 amide bonds. The number of rotatable bonds is 2. The van der Waals surface area contributed by atoms with Gasteiger partial charge in [-0.3, -0.25) is 0 Å². The predicted molar refractivity (Wildman–Crippen MR) is 65.1 cm³/mol. The molecule has 17 heavy (non-hydrogen) atoms. The van der Waals surface area contributed by atoms with E-state index in [2.05, 4.69) is 9.97 Å². The molecule has 3 nitrogen and oxygen atoms in total. The predicted octanol–water partition coefficient (Wildman–Crippen LogP) is 2.70. The summed E-state index contributed by atoms with van der Waals surface area (Å²) < 4.78 is 13.5. The number of nitrogens with zero attached hydrogens (tertiary/aromatic N) is 2. The van der Waals surface area contributed by atoms with E-state index < -0.39 is 0 Å². The molecule has 0 bridgehead atoms. The van der Waals surface area contributed by atoms with Crippen LogP contribution < -0.4 is 5.73 Å². The second kappa shape index (κ2) is 4.77. The normalized spacial score (nSPS) is 10.6. The number of nitrogens with two attached hydrogens (primary N) is 1. The van der Waals surface area contributed by atoms with E-state index in [0.717, 1.165) is 0 Å². The number of benzene rings is 1. The third kappa shape index (κ3) is 2.43. The Labute approximate surface area is 103 Å². The summed E-state index contributed by atoms with van der Waals surface area (Å²) in [7, 11) is 0. The van der Waals surface area contributed by atoms with Crippen LogP contribution in [0.15, 0.2) is 24.5 Å². The maximum absolute atomic E-state index is 13.5. The van der Waals surface area contributed by atoms with Gasteiger partial charge in [0, 0.05) is 12.1 Å². The van der Waals surface area contributed by atoms with E-state index in [1.807, 2.05) is 0 Å². The second-order valence-electron chi connectivity index (χ2n) is 3.68. The van der Waals surface area contributed by atoms with E-state index in [1.54, 1.807) is 19.1 Å². The molecule has 88 valence electrons. The van der Waals surface area contributed by atoms with Gasteiger partial charge in [-0.1, -0.05) is 11.6 Å². The Morgan fingerprint density at radius 3 is 2.76 bits per heavy atom. The van der Waals surface area contributed by atoms with Gasteiger partial charge in [0.1, 0.15) is 12.1 Å². The zero-order chi connectivity index (χ0) is 12.4. The fraction of sp³-hybridized carbons (Fsp3) is 0.167. The number of aryl methyl sites for hydroxylation is 1. The van der Waals surface area contributed by atoms with Crippen LogP contribution in [0.4, 0.5) is 4.39 Å². The first kappa shape index (κ1) is 12.0. The molecule has 2 aromatic rings. The highest BCUT2D eigenvalue weighted by molar-refractivity contribution is 6.33. The van der Waals surface area contributed by atoms with Crippen molar-refractivity contribution >= 4 is 11.6 Å². The van der Waals surface area contributed by atoms with Crippen molar-refractivity contribution in [3.8, 4) is 11.3 Å². The van der Waals surface area contributed by atoms with Crippen LogP contribution in [-0.4, -0.2) is 9.97 Å². The molecule has 0 atom stereocenters. The topological polar surface area (TPSA) is 51.8 Å². The highest BCUT2D eigenvalue weighted by atomic mass is 35.5. The standard InChI is InChI=1S/C12H11ClFN3/c1-7-2-10(13)9(4-11(7)14)12-3-8(5-15)16-6-17-12/h2-4,6H,5,15H2,1H3. The first-order valence-electron chi connectivity index (χ1n) is 5.09. The number of aromatic nitrogens is 2. The van der Waals surface area contributed by atoms with Gasteiger partial charge in [0.05, 0.1) is 16.4 Å². The fourth-order valence-electron chi connectivity index (χ4n) is 1.50. The average molecular weight is 252 g/mol.